The smallest absolute Gasteiger partial charge is 0.181 e. The number of fused-ring (bicyclic) bond motifs is 1. The van der Waals surface area contributed by atoms with Gasteiger partial charge < -0.3 is 5.73 Å². The third-order valence-electron chi connectivity index (χ3n) is 1.97. The first-order valence-corrected chi connectivity index (χ1v) is 4.76. The van der Waals surface area contributed by atoms with E-state index in [1.807, 2.05) is 33.8 Å². The summed E-state index contributed by atoms with van der Waals surface area (Å²) in [5.74, 6) is 0. The Bertz CT molecular complexity index is 431. The highest BCUT2D eigenvalue weighted by molar-refractivity contribution is 5.81. The number of rotatable bonds is 0. The lowest BCUT2D eigenvalue weighted by atomic mass is 10.2. The van der Waals surface area contributed by atoms with E-state index in [9.17, 15) is 0 Å². The van der Waals surface area contributed by atoms with E-state index in [4.69, 9.17) is 5.73 Å². The molecule has 76 valence electrons. The molecule has 4 heteroatoms. The van der Waals surface area contributed by atoms with Crippen LogP contribution in [-0.4, -0.2) is 15.2 Å². The summed E-state index contributed by atoms with van der Waals surface area (Å²) < 4.78 is 0. The summed E-state index contributed by atoms with van der Waals surface area (Å²) in [6.07, 6.45) is 0. The van der Waals surface area contributed by atoms with Crippen LogP contribution < -0.4 is 5.73 Å². The second kappa shape index (κ2) is 4.09. The van der Waals surface area contributed by atoms with Gasteiger partial charge in [-0.1, -0.05) is 13.8 Å². The van der Waals surface area contributed by atoms with E-state index in [1.165, 1.54) is 0 Å². The van der Waals surface area contributed by atoms with Gasteiger partial charge in [0.05, 0.1) is 11.4 Å². The van der Waals surface area contributed by atoms with Crippen LogP contribution in [0, 0.1) is 13.8 Å². The van der Waals surface area contributed by atoms with Gasteiger partial charge in [0, 0.05) is 11.1 Å². The first-order chi connectivity index (χ1) is 6.68. The lowest BCUT2D eigenvalue weighted by Crippen LogP contribution is -1.92. The SMILES string of the molecule is CC.Cc1nc2n[nH]c(C)c2cc1N. The highest BCUT2D eigenvalue weighted by Gasteiger charge is 2.04. The number of H-pyrrole nitrogens is 1. The monoisotopic (exact) mass is 192 g/mol. The Balaban J connectivity index is 0.000000461. The fourth-order valence-electron chi connectivity index (χ4n) is 1.17. The van der Waals surface area contributed by atoms with E-state index < -0.39 is 0 Å². The molecule has 0 aromatic carbocycles. The van der Waals surface area contributed by atoms with Gasteiger partial charge in [-0.25, -0.2) is 4.98 Å². The van der Waals surface area contributed by atoms with Gasteiger partial charge in [-0.3, -0.25) is 5.10 Å². The van der Waals surface area contributed by atoms with Crippen LogP contribution >= 0.6 is 0 Å². The van der Waals surface area contributed by atoms with Crippen molar-refractivity contribution in [3.8, 4) is 0 Å². The maximum Gasteiger partial charge on any atom is 0.181 e. The maximum absolute atomic E-state index is 5.71. The molecule has 0 amide bonds. The number of pyridine rings is 1. The van der Waals surface area contributed by atoms with Crippen LogP contribution in [0.4, 0.5) is 5.69 Å². The zero-order chi connectivity index (χ0) is 10.7. The largest absolute Gasteiger partial charge is 0.397 e. The second-order valence-electron chi connectivity index (χ2n) is 2.88. The minimum absolute atomic E-state index is 0.715. The Morgan fingerprint density at radius 1 is 1.29 bits per heavy atom. The fraction of sp³-hybridized carbons (Fsp3) is 0.400. The van der Waals surface area contributed by atoms with Gasteiger partial charge in [0.2, 0.25) is 0 Å². The van der Waals surface area contributed by atoms with Gasteiger partial charge in [-0.15, -0.1) is 0 Å². The molecule has 0 radical (unpaired) electrons. The van der Waals surface area contributed by atoms with Gasteiger partial charge in [-0.05, 0) is 19.9 Å². The van der Waals surface area contributed by atoms with Crippen molar-refractivity contribution in [3.63, 3.8) is 0 Å². The molecule has 2 aromatic rings. The molecule has 0 bridgehead atoms. The molecular weight excluding hydrogens is 176 g/mol. The number of aromatic nitrogens is 3. The van der Waals surface area contributed by atoms with E-state index in [0.29, 0.717) is 5.69 Å². The van der Waals surface area contributed by atoms with E-state index in [2.05, 4.69) is 15.2 Å². The van der Waals surface area contributed by atoms with Crippen molar-refractivity contribution >= 4 is 16.7 Å². The van der Waals surface area contributed by atoms with Crippen molar-refractivity contribution in [2.24, 2.45) is 0 Å². The Kier molecular flexibility index (Phi) is 3.06. The summed E-state index contributed by atoms with van der Waals surface area (Å²) in [5.41, 5.74) is 8.99. The molecule has 0 atom stereocenters. The molecule has 3 N–H and O–H groups in total. The van der Waals surface area contributed by atoms with Crippen molar-refractivity contribution in [1.29, 1.82) is 0 Å². The zero-order valence-electron chi connectivity index (χ0n) is 9.05. The van der Waals surface area contributed by atoms with Crippen molar-refractivity contribution < 1.29 is 0 Å². The molecule has 0 saturated heterocycles. The number of anilines is 1. The molecule has 2 heterocycles. The summed E-state index contributed by atoms with van der Waals surface area (Å²) in [7, 11) is 0. The van der Waals surface area contributed by atoms with E-state index >= 15 is 0 Å². The molecule has 0 fully saturated rings. The zero-order valence-corrected chi connectivity index (χ0v) is 9.05. The number of aryl methyl sites for hydroxylation is 2. The van der Waals surface area contributed by atoms with Crippen LogP contribution in [0.3, 0.4) is 0 Å². The van der Waals surface area contributed by atoms with Crippen molar-refractivity contribution in [1.82, 2.24) is 15.2 Å². The molecular formula is C10H16N4. The Morgan fingerprint density at radius 2 is 1.93 bits per heavy atom. The number of nitrogens with one attached hydrogen (secondary N) is 1. The van der Waals surface area contributed by atoms with Crippen molar-refractivity contribution in [3.05, 3.63) is 17.5 Å². The van der Waals surface area contributed by atoms with Crippen LogP contribution in [0.5, 0.6) is 0 Å². The average Bonchev–Trinajstić information content (AvgIpc) is 2.53. The van der Waals surface area contributed by atoms with Crippen molar-refractivity contribution in [2.45, 2.75) is 27.7 Å². The van der Waals surface area contributed by atoms with E-state index in [-0.39, 0.29) is 0 Å². The van der Waals surface area contributed by atoms with Gasteiger partial charge in [0.1, 0.15) is 0 Å². The minimum Gasteiger partial charge on any atom is -0.397 e. The van der Waals surface area contributed by atoms with Crippen LogP contribution in [0.1, 0.15) is 25.2 Å². The van der Waals surface area contributed by atoms with Crippen LogP contribution in [-0.2, 0) is 0 Å². The Hall–Kier alpha value is -1.58. The molecule has 2 aromatic heterocycles. The molecule has 0 aliphatic carbocycles. The number of aromatic amines is 1. The van der Waals surface area contributed by atoms with Crippen LogP contribution in [0.25, 0.3) is 11.0 Å². The normalized spacial score (nSPS) is 9.71. The number of hydrogen-bond donors (Lipinski definition) is 2. The molecule has 0 aliphatic rings. The lowest BCUT2D eigenvalue weighted by molar-refractivity contribution is 1.05. The molecule has 0 unspecified atom stereocenters. The predicted molar refractivity (Wildman–Crippen MR) is 59.1 cm³/mol. The summed E-state index contributed by atoms with van der Waals surface area (Å²) in [6.45, 7) is 7.82. The van der Waals surface area contributed by atoms with Gasteiger partial charge >= 0.3 is 0 Å². The Labute approximate surface area is 83.5 Å². The first-order valence-electron chi connectivity index (χ1n) is 4.76. The Morgan fingerprint density at radius 3 is 2.57 bits per heavy atom. The lowest BCUT2D eigenvalue weighted by Gasteiger charge is -1.97. The topological polar surface area (TPSA) is 67.6 Å². The number of hydrogen-bond acceptors (Lipinski definition) is 3. The second-order valence-corrected chi connectivity index (χ2v) is 2.88. The van der Waals surface area contributed by atoms with Crippen LogP contribution in [0.15, 0.2) is 6.07 Å². The van der Waals surface area contributed by atoms with Crippen LogP contribution in [0.2, 0.25) is 0 Å². The molecule has 14 heavy (non-hydrogen) atoms. The summed E-state index contributed by atoms with van der Waals surface area (Å²) in [5, 5.41) is 7.89. The van der Waals surface area contributed by atoms with E-state index in [0.717, 1.165) is 22.4 Å². The maximum atomic E-state index is 5.71. The van der Waals surface area contributed by atoms with Gasteiger partial charge in [0.25, 0.3) is 0 Å². The third-order valence-corrected chi connectivity index (χ3v) is 1.97. The van der Waals surface area contributed by atoms with E-state index in [1.54, 1.807) is 0 Å². The molecule has 2 rings (SSSR count). The first kappa shape index (κ1) is 10.5. The summed E-state index contributed by atoms with van der Waals surface area (Å²) >= 11 is 0. The number of nitrogen functional groups attached to an aromatic ring is 1. The summed E-state index contributed by atoms with van der Waals surface area (Å²) in [4.78, 5) is 4.23. The van der Waals surface area contributed by atoms with Gasteiger partial charge in [0.15, 0.2) is 5.65 Å². The highest BCUT2D eigenvalue weighted by atomic mass is 15.1. The number of nitrogens with two attached hydrogens (primary N) is 1. The quantitative estimate of drug-likeness (QED) is 0.672. The highest BCUT2D eigenvalue weighted by Crippen LogP contribution is 2.18. The minimum atomic E-state index is 0.715. The summed E-state index contributed by atoms with van der Waals surface area (Å²) in [6, 6.07) is 1.90. The molecule has 4 nitrogen and oxygen atoms in total. The van der Waals surface area contributed by atoms with Gasteiger partial charge in [-0.2, -0.15) is 5.10 Å². The average molecular weight is 192 g/mol. The third kappa shape index (κ3) is 1.69. The molecule has 0 spiro atoms. The molecule has 0 saturated carbocycles. The number of nitrogens with zero attached hydrogens (tertiary/aromatic N) is 2. The standard InChI is InChI=1S/C8H10N4.C2H6/c1-4-6-3-7(9)5(2)10-8(6)12-11-4;1-2/h3H,9H2,1-2H3,(H,10,11,12);1-2H3. The predicted octanol–water partition coefficient (Wildman–Crippen LogP) is 2.18. The van der Waals surface area contributed by atoms with Crippen molar-refractivity contribution in [2.75, 3.05) is 5.73 Å². The molecule has 0 aliphatic heterocycles. The fourth-order valence-corrected chi connectivity index (χ4v) is 1.17.